The molecule has 0 fully saturated rings. The number of hydrogen-bond acceptors (Lipinski definition) is 3. The number of amides is 1. The Bertz CT molecular complexity index is 629. The molecule has 22 heavy (non-hydrogen) atoms. The number of rotatable bonds is 6. The van der Waals surface area contributed by atoms with Gasteiger partial charge in [0.1, 0.15) is 0 Å². The molecule has 2 rings (SSSR count). The molecule has 0 saturated carbocycles. The molecule has 1 amide bonds. The Kier molecular flexibility index (Phi) is 6.68. The van der Waals surface area contributed by atoms with Gasteiger partial charge < -0.3 is 0 Å². The molecule has 0 radical (unpaired) electrons. The molecule has 0 unspecified atom stereocenters. The van der Waals surface area contributed by atoms with Crippen molar-refractivity contribution in [1.82, 2.24) is 5.43 Å². The van der Waals surface area contributed by atoms with Gasteiger partial charge in [-0.2, -0.15) is 5.10 Å². The molecule has 0 aliphatic heterocycles. The number of nitrogens with zero attached hydrogens (tertiary/aromatic N) is 1. The van der Waals surface area contributed by atoms with Gasteiger partial charge in [0.15, 0.2) is 0 Å². The highest BCUT2D eigenvalue weighted by Crippen LogP contribution is 2.17. The monoisotopic (exact) mass is 376 g/mol. The molecule has 1 N–H and O–H groups in total. The summed E-state index contributed by atoms with van der Waals surface area (Å²) >= 11 is 4.97. The topological polar surface area (TPSA) is 41.5 Å². The Labute approximate surface area is 143 Å². The second-order valence-corrected chi connectivity index (χ2v) is 6.97. The third-order valence-corrected chi connectivity index (χ3v) is 4.71. The molecular formula is C17H17BrN2OS. The van der Waals surface area contributed by atoms with E-state index in [1.54, 1.807) is 18.0 Å². The van der Waals surface area contributed by atoms with E-state index in [1.165, 1.54) is 5.56 Å². The molecule has 0 spiro atoms. The van der Waals surface area contributed by atoms with Crippen molar-refractivity contribution < 1.29 is 4.79 Å². The lowest BCUT2D eigenvalue weighted by Gasteiger charge is -2.09. The lowest BCUT2D eigenvalue weighted by molar-refractivity contribution is -0.120. The zero-order chi connectivity index (χ0) is 15.8. The van der Waals surface area contributed by atoms with E-state index in [4.69, 9.17) is 0 Å². The van der Waals surface area contributed by atoms with Crippen LogP contribution in [-0.4, -0.2) is 17.4 Å². The van der Waals surface area contributed by atoms with Crippen molar-refractivity contribution in [3.05, 3.63) is 70.2 Å². The maximum absolute atomic E-state index is 12.0. The van der Waals surface area contributed by atoms with Crippen molar-refractivity contribution in [3.63, 3.8) is 0 Å². The number of nitrogens with one attached hydrogen (secondary N) is 1. The summed E-state index contributed by atoms with van der Waals surface area (Å²) in [4.78, 5) is 12.0. The molecule has 5 heteroatoms. The highest BCUT2D eigenvalue weighted by molar-refractivity contribution is 9.10. The number of halogens is 1. The highest BCUT2D eigenvalue weighted by Gasteiger charge is 2.12. The molecule has 0 saturated heterocycles. The number of benzene rings is 2. The molecule has 3 nitrogen and oxygen atoms in total. The lowest BCUT2D eigenvalue weighted by atomic mass is 10.2. The third-order valence-electron chi connectivity index (χ3n) is 2.97. The zero-order valence-electron chi connectivity index (χ0n) is 12.2. The van der Waals surface area contributed by atoms with E-state index in [9.17, 15) is 4.79 Å². The summed E-state index contributed by atoms with van der Waals surface area (Å²) in [5, 5.41) is 3.84. The summed E-state index contributed by atoms with van der Waals surface area (Å²) in [7, 11) is 0. The van der Waals surface area contributed by atoms with Crippen LogP contribution in [0.1, 0.15) is 18.1 Å². The van der Waals surface area contributed by atoms with Crippen LogP contribution in [0.4, 0.5) is 0 Å². The number of thioether (sulfide) groups is 1. The van der Waals surface area contributed by atoms with E-state index >= 15 is 0 Å². The van der Waals surface area contributed by atoms with Crippen molar-refractivity contribution >= 4 is 39.8 Å². The molecular weight excluding hydrogens is 360 g/mol. The predicted molar refractivity (Wildman–Crippen MR) is 97.1 cm³/mol. The average molecular weight is 377 g/mol. The minimum atomic E-state index is -0.151. The van der Waals surface area contributed by atoms with Gasteiger partial charge in [-0.3, -0.25) is 4.79 Å². The average Bonchev–Trinajstić information content (AvgIpc) is 2.55. The fraction of sp³-hybridized carbons (Fsp3) is 0.176. The number of carbonyl (C=O) groups is 1. The fourth-order valence-electron chi connectivity index (χ4n) is 1.68. The van der Waals surface area contributed by atoms with Crippen LogP contribution < -0.4 is 5.43 Å². The number of carbonyl (C=O) groups excluding carboxylic acids is 1. The molecule has 0 bridgehead atoms. The summed E-state index contributed by atoms with van der Waals surface area (Å²) in [5.74, 6) is 0.723. The van der Waals surface area contributed by atoms with Gasteiger partial charge in [-0.1, -0.05) is 58.4 Å². The second kappa shape index (κ2) is 8.76. The summed E-state index contributed by atoms with van der Waals surface area (Å²) < 4.78 is 1.01. The molecule has 0 heterocycles. The van der Waals surface area contributed by atoms with Gasteiger partial charge in [-0.25, -0.2) is 5.43 Å². The Balaban J connectivity index is 1.77. The lowest BCUT2D eigenvalue weighted by Crippen LogP contribution is -2.26. The van der Waals surface area contributed by atoms with Gasteiger partial charge in [-0.15, -0.1) is 11.8 Å². The van der Waals surface area contributed by atoms with Crippen LogP contribution in [0.25, 0.3) is 0 Å². The van der Waals surface area contributed by atoms with Gasteiger partial charge in [0.2, 0.25) is 0 Å². The maximum atomic E-state index is 12.0. The minimum absolute atomic E-state index is 0.0886. The normalized spacial score (nSPS) is 12.3. The van der Waals surface area contributed by atoms with Crippen molar-refractivity contribution in [2.45, 2.75) is 17.9 Å². The largest absolute Gasteiger partial charge is 0.272 e. The van der Waals surface area contributed by atoms with Crippen LogP contribution >= 0.6 is 27.7 Å². The van der Waals surface area contributed by atoms with Crippen LogP contribution in [0.5, 0.6) is 0 Å². The van der Waals surface area contributed by atoms with E-state index in [2.05, 4.69) is 38.6 Å². The Morgan fingerprint density at radius 2 is 1.91 bits per heavy atom. The first-order valence-corrected chi connectivity index (χ1v) is 8.73. The molecule has 1 atom stereocenters. The quantitative estimate of drug-likeness (QED) is 0.605. The number of hydrogen-bond donors (Lipinski definition) is 1. The van der Waals surface area contributed by atoms with Gasteiger partial charge in [0, 0.05) is 10.2 Å². The van der Waals surface area contributed by atoms with E-state index in [0.717, 1.165) is 15.8 Å². The smallest absolute Gasteiger partial charge is 0.252 e. The zero-order valence-corrected chi connectivity index (χ0v) is 14.6. The minimum Gasteiger partial charge on any atom is -0.272 e. The fourth-order valence-corrected chi connectivity index (χ4v) is 2.78. The molecule has 2 aromatic rings. The van der Waals surface area contributed by atoms with Crippen LogP contribution in [0.15, 0.2) is 64.2 Å². The molecule has 2 aromatic carbocycles. The van der Waals surface area contributed by atoms with Crippen LogP contribution in [0.2, 0.25) is 0 Å². The van der Waals surface area contributed by atoms with Crippen molar-refractivity contribution in [2.24, 2.45) is 5.10 Å². The first kappa shape index (κ1) is 16.8. The Morgan fingerprint density at radius 1 is 1.23 bits per heavy atom. The van der Waals surface area contributed by atoms with E-state index in [-0.39, 0.29) is 11.2 Å². The Morgan fingerprint density at radius 3 is 2.59 bits per heavy atom. The highest BCUT2D eigenvalue weighted by atomic mass is 79.9. The first-order valence-electron chi connectivity index (χ1n) is 6.89. The first-order chi connectivity index (χ1) is 10.6. The molecule has 0 aromatic heterocycles. The van der Waals surface area contributed by atoms with Crippen LogP contribution in [0, 0.1) is 0 Å². The summed E-state index contributed by atoms with van der Waals surface area (Å²) in [6, 6.07) is 17.8. The summed E-state index contributed by atoms with van der Waals surface area (Å²) in [6.07, 6.45) is 1.64. The van der Waals surface area contributed by atoms with Gasteiger partial charge in [-0.05, 0) is 30.2 Å². The predicted octanol–water partition coefficient (Wildman–Crippen LogP) is 4.22. The van der Waals surface area contributed by atoms with E-state index in [1.807, 2.05) is 49.4 Å². The van der Waals surface area contributed by atoms with E-state index in [0.29, 0.717) is 0 Å². The summed E-state index contributed by atoms with van der Waals surface area (Å²) in [5.41, 5.74) is 4.73. The number of hydrazone groups is 1. The van der Waals surface area contributed by atoms with Crippen molar-refractivity contribution in [3.8, 4) is 0 Å². The van der Waals surface area contributed by atoms with Gasteiger partial charge in [0.05, 0.1) is 11.5 Å². The van der Waals surface area contributed by atoms with Crippen molar-refractivity contribution in [1.29, 1.82) is 0 Å². The third kappa shape index (κ3) is 5.66. The Hall–Kier alpha value is -1.59. The molecule has 0 aliphatic rings. The summed E-state index contributed by atoms with van der Waals surface area (Å²) in [6.45, 7) is 1.89. The van der Waals surface area contributed by atoms with Crippen LogP contribution in [-0.2, 0) is 10.5 Å². The van der Waals surface area contributed by atoms with Gasteiger partial charge in [0.25, 0.3) is 5.91 Å². The molecule has 114 valence electrons. The second-order valence-electron chi connectivity index (χ2n) is 4.72. The van der Waals surface area contributed by atoms with Crippen LogP contribution in [0.3, 0.4) is 0 Å². The molecule has 0 aliphatic carbocycles. The van der Waals surface area contributed by atoms with E-state index < -0.39 is 0 Å². The maximum Gasteiger partial charge on any atom is 0.252 e. The van der Waals surface area contributed by atoms with Crippen molar-refractivity contribution in [2.75, 3.05) is 0 Å². The van der Waals surface area contributed by atoms with Gasteiger partial charge >= 0.3 is 0 Å². The standard InChI is InChI=1S/C17H17BrN2OS/c1-13(22-12-15-5-3-2-4-6-15)17(21)20-19-11-14-7-9-16(18)10-8-14/h2-11,13H,12H2,1H3,(H,20,21)/b19-11-/t13-/m1/s1. The SMILES string of the molecule is C[C@@H](SCc1ccccc1)C(=O)N/N=C\c1ccc(Br)cc1.